The maximum Gasteiger partial charge on any atom is 0.0897 e. The number of aliphatic hydroxyl groups excluding tert-OH is 2. The molecule has 2 nitrogen and oxygen atoms in total. The van der Waals surface area contributed by atoms with Crippen molar-refractivity contribution < 1.29 is 10.2 Å². The Morgan fingerprint density at radius 1 is 0.750 bits per heavy atom. The number of hydrogen-bond donors (Lipinski definition) is 2. The van der Waals surface area contributed by atoms with Crippen LogP contribution in [0.25, 0.3) is 0 Å². The molecule has 2 aromatic carbocycles. The molecular weight excluding hydrogens is 336 g/mol. The maximum atomic E-state index is 10.1. The molecule has 4 heteroatoms. The smallest absolute Gasteiger partial charge is 0.0897 e. The lowest BCUT2D eigenvalue weighted by Gasteiger charge is -2.17. The first-order valence-corrected chi connectivity index (χ1v) is 10.5. The van der Waals surface area contributed by atoms with E-state index in [2.05, 4.69) is 62.4 Å². The molecule has 0 amide bonds. The van der Waals surface area contributed by atoms with Crippen LogP contribution in [0.15, 0.2) is 48.5 Å². The Bertz CT molecular complexity index is 575. The zero-order chi connectivity index (χ0) is 17.4. The molecule has 0 aliphatic rings. The van der Waals surface area contributed by atoms with E-state index in [-0.39, 0.29) is 0 Å². The summed E-state index contributed by atoms with van der Waals surface area (Å²) in [6, 6.07) is 16.8. The van der Waals surface area contributed by atoms with Crippen LogP contribution in [0.1, 0.15) is 22.3 Å². The van der Waals surface area contributed by atoms with Crippen LogP contribution in [0.5, 0.6) is 0 Å². The molecule has 2 N–H and O–H groups in total. The monoisotopic (exact) mass is 362 g/mol. The third-order valence-electron chi connectivity index (χ3n) is 3.72. The van der Waals surface area contributed by atoms with E-state index in [1.54, 1.807) is 23.5 Å². The van der Waals surface area contributed by atoms with E-state index in [9.17, 15) is 10.2 Å². The van der Waals surface area contributed by atoms with Gasteiger partial charge in [-0.25, -0.2) is 0 Å². The van der Waals surface area contributed by atoms with Crippen LogP contribution in [0, 0.1) is 13.8 Å². The van der Waals surface area contributed by atoms with Crippen molar-refractivity contribution in [2.24, 2.45) is 0 Å². The van der Waals surface area contributed by atoms with Gasteiger partial charge < -0.3 is 10.2 Å². The average molecular weight is 363 g/mol. The lowest BCUT2D eigenvalue weighted by atomic mass is 10.2. The predicted octanol–water partition coefficient (Wildman–Crippen LogP) is 4.19. The van der Waals surface area contributed by atoms with Crippen molar-refractivity contribution in [2.45, 2.75) is 37.6 Å². The van der Waals surface area contributed by atoms with Crippen molar-refractivity contribution in [2.75, 3.05) is 11.5 Å². The molecule has 24 heavy (non-hydrogen) atoms. The van der Waals surface area contributed by atoms with Crippen molar-refractivity contribution in [3.8, 4) is 0 Å². The molecule has 130 valence electrons. The molecule has 0 saturated heterocycles. The Morgan fingerprint density at radius 2 is 1.17 bits per heavy atom. The summed E-state index contributed by atoms with van der Waals surface area (Å²) in [5.74, 6) is 2.84. The molecule has 2 rings (SSSR count). The average Bonchev–Trinajstić information content (AvgIpc) is 2.55. The molecule has 0 radical (unpaired) electrons. The summed E-state index contributed by atoms with van der Waals surface area (Å²) >= 11 is 3.33. The van der Waals surface area contributed by atoms with E-state index in [1.165, 1.54) is 22.3 Å². The van der Waals surface area contributed by atoms with Crippen LogP contribution in [-0.2, 0) is 11.5 Å². The fourth-order valence-corrected chi connectivity index (χ4v) is 4.41. The summed E-state index contributed by atoms with van der Waals surface area (Å²) in [5.41, 5.74) is 5.02. The second-order valence-corrected chi connectivity index (χ2v) is 8.20. The summed E-state index contributed by atoms with van der Waals surface area (Å²) in [7, 11) is 0. The van der Waals surface area contributed by atoms with E-state index < -0.39 is 12.2 Å². The second kappa shape index (κ2) is 10.1. The zero-order valence-electron chi connectivity index (χ0n) is 14.3. The number of hydrogen-bond acceptors (Lipinski definition) is 4. The van der Waals surface area contributed by atoms with Gasteiger partial charge in [-0.05, 0) is 25.0 Å². The minimum absolute atomic E-state index is 0.556. The van der Waals surface area contributed by atoms with Crippen molar-refractivity contribution in [1.82, 2.24) is 0 Å². The van der Waals surface area contributed by atoms with E-state index in [0.29, 0.717) is 11.5 Å². The lowest BCUT2D eigenvalue weighted by molar-refractivity contribution is 0.0500. The summed E-state index contributed by atoms with van der Waals surface area (Å²) in [5, 5.41) is 20.2. The van der Waals surface area contributed by atoms with Gasteiger partial charge in [0.2, 0.25) is 0 Å². The minimum Gasteiger partial charge on any atom is -0.390 e. The van der Waals surface area contributed by atoms with E-state index in [1.807, 2.05) is 0 Å². The largest absolute Gasteiger partial charge is 0.390 e. The van der Waals surface area contributed by atoms with Gasteiger partial charge in [0, 0.05) is 23.0 Å². The number of thioether (sulfide) groups is 2. The Kier molecular flexibility index (Phi) is 8.19. The van der Waals surface area contributed by atoms with Gasteiger partial charge in [-0.15, -0.1) is 0 Å². The van der Waals surface area contributed by atoms with Crippen molar-refractivity contribution >= 4 is 23.5 Å². The van der Waals surface area contributed by atoms with Gasteiger partial charge in [-0.2, -0.15) is 23.5 Å². The maximum absolute atomic E-state index is 10.1. The molecule has 2 aromatic rings. The molecule has 0 unspecified atom stereocenters. The molecule has 0 fully saturated rings. The molecule has 0 spiro atoms. The van der Waals surface area contributed by atoms with Gasteiger partial charge in [-0.3, -0.25) is 0 Å². The third kappa shape index (κ3) is 6.89. The fourth-order valence-electron chi connectivity index (χ4n) is 2.42. The van der Waals surface area contributed by atoms with E-state index in [4.69, 9.17) is 0 Å². The predicted molar refractivity (Wildman–Crippen MR) is 107 cm³/mol. The summed E-state index contributed by atoms with van der Waals surface area (Å²) in [6.45, 7) is 4.16. The Balaban J connectivity index is 1.65. The van der Waals surface area contributed by atoms with Crippen molar-refractivity contribution in [1.29, 1.82) is 0 Å². The highest BCUT2D eigenvalue weighted by molar-refractivity contribution is 7.98. The van der Waals surface area contributed by atoms with E-state index >= 15 is 0 Å². The number of aryl methyl sites for hydroxylation is 2. The van der Waals surface area contributed by atoms with Crippen LogP contribution in [0.2, 0.25) is 0 Å². The third-order valence-corrected chi connectivity index (χ3v) is 5.95. The molecule has 2 atom stereocenters. The van der Waals surface area contributed by atoms with Crippen LogP contribution < -0.4 is 0 Å². The minimum atomic E-state index is -0.676. The summed E-state index contributed by atoms with van der Waals surface area (Å²) < 4.78 is 0. The first-order chi connectivity index (χ1) is 11.5. The molecule has 0 saturated carbocycles. The van der Waals surface area contributed by atoms with Crippen LogP contribution >= 0.6 is 23.5 Å². The molecule has 0 aliphatic carbocycles. The Morgan fingerprint density at radius 3 is 1.54 bits per heavy atom. The zero-order valence-corrected chi connectivity index (χ0v) is 15.9. The molecule has 0 heterocycles. The summed E-state index contributed by atoms with van der Waals surface area (Å²) in [4.78, 5) is 0. The standard InChI is InChI=1S/C20H26O2S2/c1-15-5-3-7-17(9-15)11-23-13-19(21)20(22)14-24-12-18-8-4-6-16(2)10-18/h3-10,19-22H,11-14H2,1-2H3/t19-,20-/m0/s1. The number of benzene rings is 2. The van der Waals surface area contributed by atoms with Crippen LogP contribution in [-0.4, -0.2) is 33.9 Å². The van der Waals surface area contributed by atoms with Crippen LogP contribution in [0.4, 0.5) is 0 Å². The van der Waals surface area contributed by atoms with Crippen molar-refractivity contribution in [3.63, 3.8) is 0 Å². The first-order valence-electron chi connectivity index (χ1n) is 8.17. The van der Waals surface area contributed by atoms with Gasteiger partial charge in [0.25, 0.3) is 0 Å². The second-order valence-electron chi connectivity index (χ2n) is 6.14. The number of rotatable bonds is 9. The normalized spacial score (nSPS) is 13.7. The molecular formula is C20H26O2S2. The van der Waals surface area contributed by atoms with Crippen LogP contribution in [0.3, 0.4) is 0 Å². The highest BCUT2D eigenvalue weighted by Gasteiger charge is 2.16. The summed E-state index contributed by atoms with van der Waals surface area (Å²) in [6.07, 6.45) is -1.35. The first kappa shape index (κ1) is 19.4. The number of aliphatic hydroxyl groups is 2. The quantitative estimate of drug-likeness (QED) is 0.702. The molecule has 0 aromatic heterocycles. The highest BCUT2D eigenvalue weighted by atomic mass is 32.2. The SMILES string of the molecule is Cc1cccc(CSC[C@H](O)[C@@H](O)CSCc2cccc(C)c2)c1. The Hall–Kier alpha value is -0.940. The lowest BCUT2D eigenvalue weighted by Crippen LogP contribution is -2.30. The van der Waals surface area contributed by atoms with Gasteiger partial charge in [-0.1, -0.05) is 59.7 Å². The molecule has 0 bridgehead atoms. The topological polar surface area (TPSA) is 40.5 Å². The van der Waals surface area contributed by atoms with Gasteiger partial charge >= 0.3 is 0 Å². The van der Waals surface area contributed by atoms with Gasteiger partial charge in [0.1, 0.15) is 0 Å². The van der Waals surface area contributed by atoms with Gasteiger partial charge in [0.15, 0.2) is 0 Å². The fraction of sp³-hybridized carbons (Fsp3) is 0.400. The van der Waals surface area contributed by atoms with Crippen molar-refractivity contribution in [3.05, 3.63) is 70.8 Å². The Labute approximate surface area is 153 Å². The molecule has 0 aliphatic heterocycles. The van der Waals surface area contributed by atoms with E-state index in [0.717, 1.165) is 11.5 Å². The van der Waals surface area contributed by atoms with Gasteiger partial charge in [0.05, 0.1) is 12.2 Å². The highest BCUT2D eigenvalue weighted by Crippen LogP contribution is 2.19.